The first-order valence-electron chi connectivity index (χ1n) is 8.42. The normalized spacial score (nSPS) is 18.6. The van der Waals surface area contributed by atoms with E-state index in [4.69, 9.17) is 9.05 Å². The number of urea groups is 1. The average Bonchev–Trinajstić information content (AvgIpc) is 2.55. The minimum Gasteiger partial charge on any atom is -0.481 e. The summed E-state index contributed by atoms with van der Waals surface area (Å²) in [6, 6.07) is -1.05. The molecule has 1 heterocycles. The topological polar surface area (TPSA) is 139 Å². The Morgan fingerprint density at radius 1 is 1.15 bits per heavy atom. The molecule has 26 heavy (non-hydrogen) atoms. The molecule has 10 nitrogen and oxygen atoms in total. The van der Waals surface area contributed by atoms with Gasteiger partial charge < -0.3 is 14.2 Å². The highest BCUT2D eigenvalue weighted by molar-refractivity contribution is 7.55. The van der Waals surface area contributed by atoms with Crippen LogP contribution in [0.2, 0.25) is 0 Å². The van der Waals surface area contributed by atoms with Crippen molar-refractivity contribution < 1.29 is 37.9 Å². The predicted octanol–water partition coefficient (Wildman–Crippen LogP) is 1.59. The van der Waals surface area contributed by atoms with Gasteiger partial charge in [-0.1, -0.05) is 13.8 Å². The first-order valence-corrected chi connectivity index (χ1v) is 10.0. The van der Waals surface area contributed by atoms with Crippen LogP contribution >= 0.6 is 7.60 Å². The molecule has 1 aliphatic heterocycles. The fourth-order valence-electron chi connectivity index (χ4n) is 2.83. The van der Waals surface area contributed by atoms with Crippen LogP contribution in [0.5, 0.6) is 0 Å². The van der Waals surface area contributed by atoms with Gasteiger partial charge in [-0.05, 0) is 26.7 Å². The zero-order valence-corrected chi connectivity index (χ0v) is 16.2. The lowest BCUT2D eigenvalue weighted by atomic mass is 9.78. The van der Waals surface area contributed by atoms with Crippen LogP contribution < -0.4 is 5.32 Å². The van der Waals surface area contributed by atoms with Gasteiger partial charge in [-0.3, -0.25) is 29.2 Å². The molecule has 0 aromatic carbocycles. The van der Waals surface area contributed by atoms with Gasteiger partial charge in [0, 0.05) is 0 Å². The molecule has 1 rings (SSSR count). The van der Waals surface area contributed by atoms with Crippen molar-refractivity contribution in [2.45, 2.75) is 46.2 Å². The molecule has 0 aromatic rings. The number of nitrogens with zero attached hydrogens (tertiary/aromatic N) is 1. The molecule has 0 spiro atoms. The maximum absolute atomic E-state index is 12.8. The van der Waals surface area contributed by atoms with Crippen molar-refractivity contribution in [3.63, 3.8) is 0 Å². The molecule has 11 heteroatoms. The van der Waals surface area contributed by atoms with Crippen LogP contribution in [0.3, 0.4) is 0 Å². The third kappa shape index (κ3) is 3.97. The number of barbiturate groups is 1. The van der Waals surface area contributed by atoms with Crippen molar-refractivity contribution in [1.29, 1.82) is 0 Å². The molecule has 1 fully saturated rings. The van der Waals surface area contributed by atoms with Crippen LogP contribution in [0.25, 0.3) is 0 Å². The first-order chi connectivity index (χ1) is 12.1. The number of aliphatic carboxylic acids is 1. The zero-order valence-electron chi connectivity index (χ0n) is 15.3. The minimum absolute atomic E-state index is 0.0758. The van der Waals surface area contributed by atoms with E-state index in [0.29, 0.717) is 4.90 Å². The highest BCUT2D eigenvalue weighted by atomic mass is 31.2. The van der Waals surface area contributed by atoms with Gasteiger partial charge in [-0.25, -0.2) is 4.79 Å². The van der Waals surface area contributed by atoms with Gasteiger partial charge in [0.1, 0.15) is 5.41 Å². The number of imide groups is 2. The van der Waals surface area contributed by atoms with Crippen molar-refractivity contribution in [2.24, 2.45) is 5.41 Å². The summed E-state index contributed by atoms with van der Waals surface area (Å²) >= 11 is 0. The van der Waals surface area contributed by atoms with Crippen LogP contribution in [0.4, 0.5) is 4.79 Å². The van der Waals surface area contributed by atoms with E-state index in [2.05, 4.69) is 5.32 Å². The molecule has 4 amide bonds. The molecule has 1 atom stereocenters. The molecule has 0 radical (unpaired) electrons. The average molecular weight is 392 g/mol. The Labute approximate surface area is 151 Å². The Morgan fingerprint density at radius 3 is 2.04 bits per heavy atom. The van der Waals surface area contributed by atoms with Crippen LogP contribution in [0, 0.1) is 5.41 Å². The third-order valence-corrected chi connectivity index (χ3v) is 6.79. The molecular formula is C15H25N2O8P. The van der Waals surface area contributed by atoms with Crippen LogP contribution in [-0.4, -0.2) is 59.2 Å². The monoisotopic (exact) mass is 392 g/mol. The number of carbonyl (C=O) groups excluding carboxylic acids is 3. The fraction of sp³-hybridized carbons (Fsp3) is 0.733. The Balaban J connectivity index is 3.27. The number of carboxylic acids is 1. The lowest BCUT2D eigenvalue weighted by Gasteiger charge is -2.39. The lowest BCUT2D eigenvalue weighted by Crippen LogP contribution is -2.64. The van der Waals surface area contributed by atoms with Crippen molar-refractivity contribution in [1.82, 2.24) is 10.2 Å². The summed E-state index contributed by atoms with van der Waals surface area (Å²) in [5, 5.41) is 11.6. The second kappa shape index (κ2) is 8.75. The second-order valence-electron chi connectivity index (χ2n) is 5.69. The molecule has 2 N–H and O–H groups in total. The lowest BCUT2D eigenvalue weighted by molar-refractivity contribution is -0.152. The Kier molecular flexibility index (Phi) is 7.49. The summed E-state index contributed by atoms with van der Waals surface area (Å²) in [5.74, 6) is -3.08. The van der Waals surface area contributed by atoms with E-state index in [0.717, 1.165) is 0 Å². The standard InChI is InChI=1S/C15H25N2O8P/c1-5-15(6-2)12(20)16-14(22)17(13(15)21)9-10(11(18)19)26(23,24-7-3)25-8-4/h10H,5-9H2,1-4H3,(H,18,19)(H,16,20,22). The number of amides is 4. The molecule has 1 saturated heterocycles. The minimum atomic E-state index is -4.14. The van der Waals surface area contributed by atoms with Gasteiger partial charge in [0.25, 0.3) is 0 Å². The molecule has 1 unspecified atom stereocenters. The number of rotatable bonds is 10. The smallest absolute Gasteiger partial charge is 0.346 e. The largest absolute Gasteiger partial charge is 0.481 e. The van der Waals surface area contributed by atoms with E-state index in [1.807, 2.05) is 0 Å². The van der Waals surface area contributed by atoms with E-state index in [-0.39, 0.29) is 26.1 Å². The van der Waals surface area contributed by atoms with Crippen LogP contribution in [0.15, 0.2) is 0 Å². The van der Waals surface area contributed by atoms with Gasteiger partial charge in [-0.2, -0.15) is 0 Å². The van der Waals surface area contributed by atoms with Gasteiger partial charge >= 0.3 is 19.6 Å². The van der Waals surface area contributed by atoms with Gasteiger partial charge in [0.15, 0.2) is 5.66 Å². The van der Waals surface area contributed by atoms with Crippen LogP contribution in [0.1, 0.15) is 40.5 Å². The van der Waals surface area contributed by atoms with E-state index < -0.39 is 49.0 Å². The van der Waals surface area contributed by atoms with E-state index in [1.54, 1.807) is 13.8 Å². The SMILES string of the molecule is CCOP(=O)(OCC)C(CN1C(=O)NC(=O)C(CC)(CC)C1=O)C(=O)O. The maximum atomic E-state index is 12.8. The molecular weight excluding hydrogens is 367 g/mol. The second-order valence-corrected chi connectivity index (χ2v) is 7.91. The Morgan fingerprint density at radius 2 is 1.65 bits per heavy atom. The fourth-order valence-corrected chi connectivity index (χ4v) is 4.62. The maximum Gasteiger partial charge on any atom is 0.346 e. The first kappa shape index (κ1) is 22.3. The van der Waals surface area contributed by atoms with Crippen molar-refractivity contribution in [2.75, 3.05) is 19.8 Å². The van der Waals surface area contributed by atoms with Gasteiger partial charge in [-0.15, -0.1) is 0 Å². The molecule has 148 valence electrons. The number of nitrogens with one attached hydrogen (secondary N) is 1. The van der Waals surface area contributed by atoms with Gasteiger partial charge in [0.05, 0.1) is 19.8 Å². The molecule has 1 aliphatic rings. The quantitative estimate of drug-likeness (QED) is 0.422. The zero-order chi connectivity index (χ0) is 20.1. The summed E-state index contributed by atoms with van der Waals surface area (Å²) in [5.41, 5.74) is -3.24. The number of hydrogen-bond donors (Lipinski definition) is 2. The highest BCUT2D eigenvalue weighted by Gasteiger charge is 2.54. The molecule has 0 saturated carbocycles. The van der Waals surface area contributed by atoms with Gasteiger partial charge in [0.2, 0.25) is 11.8 Å². The highest BCUT2D eigenvalue weighted by Crippen LogP contribution is 2.53. The van der Waals surface area contributed by atoms with Crippen molar-refractivity contribution in [3.8, 4) is 0 Å². The van der Waals surface area contributed by atoms with Crippen LogP contribution in [-0.2, 0) is 28.0 Å². The number of carbonyl (C=O) groups is 4. The number of hydrogen-bond acceptors (Lipinski definition) is 7. The van der Waals surface area contributed by atoms with E-state index in [9.17, 15) is 28.8 Å². The number of carboxylic acid groups (broad SMARTS) is 1. The van der Waals surface area contributed by atoms with E-state index in [1.165, 1.54) is 13.8 Å². The van der Waals surface area contributed by atoms with Crippen molar-refractivity contribution in [3.05, 3.63) is 0 Å². The third-order valence-electron chi connectivity index (χ3n) is 4.40. The molecule has 0 aliphatic carbocycles. The summed E-state index contributed by atoms with van der Waals surface area (Å²) in [4.78, 5) is 49.4. The Bertz CT molecular complexity index is 621. The summed E-state index contributed by atoms with van der Waals surface area (Å²) in [6.07, 6.45) is 0.258. The molecule has 0 aromatic heterocycles. The predicted molar refractivity (Wildman–Crippen MR) is 90.5 cm³/mol. The molecule has 0 bridgehead atoms. The summed E-state index contributed by atoms with van der Waals surface area (Å²) in [6.45, 7) is 5.39. The Hall–Kier alpha value is -1.77. The van der Waals surface area contributed by atoms with Crippen molar-refractivity contribution >= 4 is 31.4 Å². The summed E-state index contributed by atoms with van der Waals surface area (Å²) < 4.78 is 22.9. The summed E-state index contributed by atoms with van der Waals surface area (Å²) in [7, 11) is -4.14. The van der Waals surface area contributed by atoms with E-state index >= 15 is 0 Å².